The Morgan fingerprint density at radius 3 is 2.60 bits per heavy atom. The molecule has 0 atom stereocenters. The molecular weight excluding hydrogens is 272 g/mol. The van der Waals surface area contributed by atoms with Gasteiger partial charge in [-0.1, -0.05) is 29.5 Å². The molecule has 0 bridgehead atoms. The van der Waals surface area contributed by atoms with E-state index in [0.717, 1.165) is 16.7 Å². The minimum absolute atomic E-state index is 0.255. The third-order valence-corrected chi connectivity index (χ3v) is 3.72. The van der Waals surface area contributed by atoms with Crippen molar-refractivity contribution in [2.45, 2.75) is 32.0 Å². The first-order valence-electron chi connectivity index (χ1n) is 6.60. The first kappa shape index (κ1) is 14.7. The number of hydrogen-bond donors (Lipinski definition) is 1. The minimum atomic E-state index is 0.255. The highest BCUT2D eigenvalue weighted by Gasteiger charge is 2.12. The maximum atomic E-state index is 5.80. The number of aryl methyl sites for hydroxylation is 1. The van der Waals surface area contributed by atoms with E-state index in [1.807, 2.05) is 28.8 Å². The molecule has 0 amide bonds. The van der Waals surface area contributed by atoms with E-state index in [2.05, 4.69) is 31.0 Å². The van der Waals surface area contributed by atoms with Crippen LogP contribution in [0.5, 0.6) is 5.75 Å². The fraction of sp³-hybridized carbons (Fsp3) is 0.429. The molecule has 0 aliphatic heterocycles. The molecule has 0 unspecified atom stereocenters. The molecule has 1 aromatic carbocycles. The topological polar surface area (TPSA) is 66.0 Å². The van der Waals surface area contributed by atoms with Crippen LogP contribution in [0.2, 0.25) is 0 Å². The molecule has 0 saturated heterocycles. The number of hydrogen-bond acceptors (Lipinski definition) is 5. The van der Waals surface area contributed by atoms with Crippen molar-refractivity contribution in [1.29, 1.82) is 0 Å². The summed E-state index contributed by atoms with van der Waals surface area (Å²) in [6.07, 6.45) is 0. The lowest BCUT2D eigenvalue weighted by Crippen LogP contribution is -2.08. The lowest BCUT2D eigenvalue weighted by molar-refractivity contribution is 0.343. The Labute approximate surface area is 123 Å². The Morgan fingerprint density at radius 1 is 1.25 bits per heavy atom. The van der Waals surface area contributed by atoms with E-state index in [4.69, 9.17) is 10.5 Å². The van der Waals surface area contributed by atoms with Crippen molar-refractivity contribution in [1.82, 2.24) is 14.8 Å². The van der Waals surface area contributed by atoms with E-state index in [1.165, 1.54) is 5.56 Å². The number of ether oxygens (including phenoxy) is 1. The molecule has 1 heterocycles. The van der Waals surface area contributed by atoms with Gasteiger partial charge in [0.1, 0.15) is 5.75 Å². The van der Waals surface area contributed by atoms with Gasteiger partial charge in [0.15, 0.2) is 5.16 Å². The normalized spacial score (nSPS) is 11.0. The summed E-state index contributed by atoms with van der Waals surface area (Å²) in [5.74, 6) is 2.15. The summed E-state index contributed by atoms with van der Waals surface area (Å²) in [6.45, 7) is 6.81. The van der Waals surface area contributed by atoms with Crippen molar-refractivity contribution in [2.24, 2.45) is 0 Å². The molecule has 2 aromatic rings. The molecule has 0 fully saturated rings. The quantitative estimate of drug-likeness (QED) is 0.655. The summed E-state index contributed by atoms with van der Waals surface area (Å²) in [4.78, 5) is 0. The van der Waals surface area contributed by atoms with Crippen LogP contribution in [0.4, 0.5) is 5.95 Å². The van der Waals surface area contributed by atoms with Gasteiger partial charge in [-0.25, -0.2) is 0 Å². The number of nitrogens with zero attached hydrogens (tertiary/aromatic N) is 3. The zero-order valence-corrected chi connectivity index (χ0v) is 12.9. The molecule has 0 spiro atoms. The van der Waals surface area contributed by atoms with Crippen molar-refractivity contribution in [3.8, 4) is 5.75 Å². The van der Waals surface area contributed by atoms with Crippen molar-refractivity contribution < 1.29 is 4.74 Å². The molecule has 0 radical (unpaired) electrons. The fourth-order valence-corrected chi connectivity index (χ4v) is 2.69. The minimum Gasteiger partial charge on any atom is -0.493 e. The highest BCUT2D eigenvalue weighted by atomic mass is 32.2. The van der Waals surface area contributed by atoms with Gasteiger partial charge in [0.05, 0.1) is 6.61 Å². The van der Waals surface area contributed by atoms with Crippen LogP contribution < -0.4 is 10.5 Å². The van der Waals surface area contributed by atoms with Crippen molar-refractivity contribution in [2.75, 3.05) is 18.1 Å². The number of anilines is 1. The van der Waals surface area contributed by atoms with Crippen LogP contribution in [-0.2, 0) is 0 Å². The molecule has 0 aliphatic carbocycles. The number of benzene rings is 1. The highest BCUT2D eigenvalue weighted by molar-refractivity contribution is 7.99. The van der Waals surface area contributed by atoms with E-state index in [1.54, 1.807) is 11.8 Å². The third kappa shape index (κ3) is 3.66. The molecule has 108 valence electrons. The molecule has 6 heteroatoms. The van der Waals surface area contributed by atoms with Crippen molar-refractivity contribution >= 4 is 17.7 Å². The van der Waals surface area contributed by atoms with Gasteiger partial charge in [0, 0.05) is 11.8 Å². The van der Waals surface area contributed by atoms with Crippen LogP contribution in [0.15, 0.2) is 29.4 Å². The standard InChI is InChI=1S/C14H20N4OS/c1-10(2)18-13(15)16-17-14(18)20-9-8-19-12-6-4-11(3)5-7-12/h4-7,10H,8-9H2,1-3H3,(H2,15,16). The zero-order chi connectivity index (χ0) is 14.5. The highest BCUT2D eigenvalue weighted by Crippen LogP contribution is 2.22. The average molecular weight is 292 g/mol. The van der Waals surface area contributed by atoms with Gasteiger partial charge < -0.3 is 10.5 Å². The van der Waals surface area contributed by atoms with Gasteiger partial charge in [-0.2, -0.15) is 0 Å². The summed E-state index contributed by atoms with van der Waals surface area (Å²) >= 11 is 1.60. The number of rotatable bonds is 6. The summed E-state index contributed by atoms with van der Waals surface area (Å²) in [5, 5.41) is 8.84. The van der Waals surface area contributed by atoms with E-state index in [9.17, 15) is 0 Å². The summed E-state index contributed by atoms with van der Waals surface area (Å²) < 4.78 is 7.61. The van der Waals surface area contributed by atoms with Gasteiger partial charge in [-0.3, -0.25) is 4.57 Å². The van der Waals surface area contributed by atoms with Gasteiger partial charge in [-0.05, 0) is 32.9 Å². The SMILES string of the molecule is Cc1ccc(OCCSc2nnc(N)n2C(C)C)cc1. The van der Waals surface area contributed by atoms with Gasteiger partial charge in [0.2, 0.25) is 5.95 Å². The summed E-state index contributed by atoms with van der Waals surface area (Å²) in [5.41, 5.74) is 7.03. The second-order valence-corrected chi connectivity index (χ2v) is 5.88. The van der Waals surface area contributed by atoms with E-state index in [-0.39, 0.29) is 6.04 Å². The van der Waals surface area contributed by atoms with Crippen LogP contribution in [0, 0.1) is 6.92 Å². The monoisotopic (exact) mass is 292 g/mol. The molecule has 0 aliphatic rings. The fourth-order valence-electron chi connectivity index (χ4n) is 1.80. The molecule has 2 rings (SSSR count). The van der Waals surface area contributed by atoms with Crippen LogP contribution in [0.3, 0.4) is 0 Å². The lowest BCUT2D eigenvalue weighted by Gasteiger charge is -2.11. The van der Waals surface area contributed by atoms with E-state index >= 15 is 0 Å². The van der Waals surface area contributed by atoms with Crippen LogP contribution in [0.1, 0.15) is 25.5 Å². The molecule has 1 aromatic heterocycles. The number of aromatic nitrogens is 3. The first-order chi connectivity index (χ1) is 9.58. The average Bonchev–Trinajstić information content (AvgIpc) is 2.78. The van der Waals surface area contributed by atoms with Crippen molar-refractivity contribution in [3.05, 3.63) is 29.8 Å². The maximum absolute atomic E-state index is 5.80. The molecular formula is C14H20N4OS. The Morgan fingerprint density at radius 2 is 1.95 bits per heavy atom. The largest absolute Gasteiger partial charge is 0.493 e. The zero-order valence-electron chi connectivity index (χ0n) is 12.0. The number of nitrogens with two attached hydrogens (primary N) is 1. The van der Waals surface area contributed by atoms with Crippen LogP contribution in [-0.4, -0.2) is 27.1 Å². The third-order valence-electron chi connectivity index (χ3n) is 2.81. The van der Waals surface area contributed by atoms with Gasteiger partial charge >= 0.3 is 0 Å². The van der Waals surface area contributed by atoms with Crippen molar-refractivity contribution in [3.63, 3.8) is 0 Å². The predicted molar refractivity (Wildman–Crippen MR) is 82.2 cm³/mol. The van der Waals surface area contributed by atoms with E-state index < -0.39 is 0 Å². The first-order valence-corrected chi connectivity index (χ1v) is 7.59. The van der Waals surface area contributed by atoms with Gasteiger partial charge in [0.25, 0.3) is 0 Å². The predicted octanol–water partition coefficient (Wildman–Crippen LogP) is 2.92. The Hall–Kier alpha value is -1.69. The molecule has 0 saturated carbocycles. The lowest BCUT2D eigenvalue weighted by atomic mass is 10.2. The van der Waals surface area contributed by atoms with Crippen LogP contribution in [0.25, 0.3) is 0 Å². The van der Waals surface area contributed by atoms with Crippen LogP contribution >= 0.6 is 11.8 Å². The van der Waals surface area contributed by atoms with Gasteiger partial charge in [-0.15, -0.1) is 10.2 Å². The summed E-state index contributed by atoms with van der Waals surface area (Å²) in [6, 6.07) is 8.30. The second kappa shape index (κ2) is 6.65. The molecule has 2 N–H and O–H groups in total. The number of thioether (sulfide) groups is 1. The Balaban J connectivity index is 1.83. The summed E-state index contributed by atoms with van der Waals surface area (Å²) in [7, 11) is 0. The Kier molecular flexibility index (Phi) is 4.89. The Bertz CT molecular complexity index is 551. The molecule has 20 heavy (non-hydrogen) atoms. The smallest absolute Gasteiger partial charge is 0.222 e. The second-order valence-electron chi connectivity index (χ2n) is 4.81. The molecule has 5 nitrogen and oxygen atoms in total. The maximum Gasteiger partial charge on any atom is 0.222 e. The number of nitrogen functional groups attached to an aromatic ring is 1. The van der Waals surface area contributed by atoms with E-state index in [0.29, 0.717) is 12.6 Å².